The van der Waals surface area contributed by atoms with E-state index in [9.17, 15) is 14.7 Å². The molecule has 0 bridgehead atoms. The van der Waals surface area contributed by atoms with E-state index in [1.165, 1.54) is 27.2 Å². The number of Topliss-reactive ketones (excluding diaryl/α,β-unsaturated/α-hetero) is 2. The monoisotopic (exact) mass is 276 g/mol. The Bertz CT molecular complexity index is 654. The van der Waals surface area contributed by atoms with Gasteiger partial charge >= 0.3 is 0 Å². The summed E-state index contributed by atoms with van der Waals surface area (Å²) < 4.78 is 10.6. The normalized spacial score (nSPS) is 11.0. The predicted molar refractivity (Wildman–Crippen MR) is 73.0 cm³/mol. The zero-order valence-corrected chi connectivity index (χ0v) is 11.6. The summed E-state index contributed by atoms with van der Waals surface area (Å²) in [5.41, 5.74) is 1.05. The molecular weight excluding hydrogens is 260 g/mol. The molecule has 1 N–H and O–H groups in total. The molecule has 5 heteroatoms. The molecule has 0 spiro atoms. The van der Waals surface area contributed by atoms with E-state index in [-0.39, 0.29) is 23.7 Å². The first kappa shape index (κ1) is 14.1. The van der Waals surface area contributed by atoms with E-state index in [4.69, 9.17) is 9.15 Å². The fraction of sp³-hybridized carbons (Fsp3) is 0.333. The number of furan rings is 1. The van der Waals surface area contributed by atoms with Gasteiger partial charge in [0, 0.05) is 5.56 Å². The Hall–Kier alpha value is -2.30. The third-order valence-corrected chi connectivity index (χ3v) is 3.39. The van der Waals surface area contributed by atoms with Crippen molar-refractivity contribution in [2.24, 2.45) is 5.92 Å². The molecule has 0 unspecified atom stereocenters. The standard InChI is InChI=1S/C15H16O5/c1-8(16)11(9(2)17)6-12-14(19-3)5-4-10-13(18)7-20-15(10)12/h4-5,7,11,18H,6H2,1-3H3. The Balaban J connectivity index is 2.56. The summed E-state index contributed by atoms with van der Waals surface area (Å²) in [5, 5.41) is 10.2. The molecule has 0 fully saturated rings. The molecule has 0 aliphatic carbocycles. The number of benzene rings is 1. The lowest BCUT2D eigenvalue weighted by atomic mass is 9.91. The van der Waals surface area contributed by atoms with E-state index < -0.39 is 5.92 Å². The summed E-state index contributed by atoms with van der Waals surface area (Å²) in [7, 11) is 1.50. The molecule has 0 aliphatic rings. The van der Waals surface area contributed by atoms with Gasteiger partial charge in [-0.05, 0) is 32.4 Å². The second-order valence-electron chi connectivity index (χ2n) is 4.72. The first-order chi connectivity index (χ1) is 9.45. The van der Waals surface area contributed by atoms with E-state index in [0.29, 0.717) is 22.3 Å². The number of fused-ring (bicyclic) bond motifs is 1. The minimum absolute atomic E-state index is 0.0195. The Morgan fingerprint density at radius 3 is 2.50 bits per heavy atom. The van der Waals surface area contributed by atoms with E-state index in [1.807, 2.05) is 0 Å². The maximum atomic E-state index is 11.6. The number of ether oxygens (including phenoxy) is 1. The van der Waals surface area contributed by atoms with Crippen LogP contribution in [0.2, 0.25) is 0 Å². The Labute approximate surface area is 116 Å². The van der Waals surface area contributed by atoms with E-state index in [1.54, 1.807) is 12.1 Å². The number of hydrogen-bond acceptors (Lipinski definition) is 5. The first-order valence-electron chi connectivity index (χ1n) is 6.22. The van der Waals surface area contributed by atoms with Crippen molar-refractivity contribution in [3.8, 4) is 11.5 Å². The molecule has 2 aromatic rings. The number of hydrogen-bond donors (Lipinski definition) is 1. The van der Waals surface area contributed by atoms with Crippen molar-refractivity contribution in [2.45, 2.75) is 20.3 Å². The Morgan fingerprint density at radius 1 is 1.30 bits per heavy atom. The van der Waals surface area contributed by atoms with Crippen LogP contribution in [-0.2, 0) is 16.0 Å². The fourth-order valence-electron chi connectivity index (χ4n) is 2.29. The lowest BCUT2D eigenvalue weighted by Gasteiger charge is -2.13. The van der Waals surface area contributed by atoms with Crippen LogP contribution in [0.4, 0.5) is 0 Å². The maximum Gasteiger partial charge on any atom is 0.161 e. The molecule has 0 atom stereocenters. The van der Waals surface area contributed by atoms with Crippen LogP contribution in [0.25, 0.3) is 11.0 Å². The molecule has 106 valence electrons. The number of methoxy groups -OCH3 is 1. The Kier molecular flexibility index (Phi) is 3.79. The topological polar surface area (TPSA) is 76.7 Å². The molecule has 0 saturated carbocycles. The first-order valence-corrected chi connectivity index (χ1v) is 6.22. The van der Waals surface area contributed by atoms with Gasteiger partial charge in [-0.3, -0.25) is 9.59 Å². The van der Waals surface area contributed by atoms with Crippen molar-refractivity contribution in [3.63, 3.8) is 0 Å². The average Bonchev–Trinajstić information content (AvgIpc) is 2.77. The summed E-state index contributed by atoms with van der Waals surface area (Å²) in [6.07, 6.45) is 1.42. The van der Waals surface area contributed by atoms with Crippen molar-refractivity contribution in [1.29, 1.82) is 0 Å². The van der Waals surface area contributed by atoms with Crippen LogP contribution >= 0.6 is 0 Å². The third-order valence-electron chi connectivity index (χ3n) is 3.39. The van der Waals surface area contributed by atoms with Gasteiger partial charge in [0.05, 0.1) is 18.4 Å². The maximum absolute atomic E-state index is 11.6. The molecule has 0 aliphatic heterocycles. The van der Waals surface area contributed by atoms with Crippen LogP contribution in [0.5, 0.6) is 11.5 Å². The van der Waals surface area contributed by atoms with Gasteiger partial charge in [-0.1, -0.05) is 0 Å². The summed E-state index contributed by atoms with van der Waals surface area (Å²) in [6.45, 7) is 2.77. The molecule has 0 saturated heterocycles. The molecule has 2 rings (SSSR count). The zero-order valence-electron chi connectivity index (χ0n) is 11.6. The number of ketones is 2. The number of rotatable bonds is 5. The van der Waals surface area contributed by atoms with Gasteiger partial charge < -0.3 is 14.3 Å². The summed E-state index contributed by atoms with van der Waals surface area (Å²) in [5.74, 6) is -0.591. The Morgan fingerprint density at radius 2 is 1.95 bits per heavy atom. The minimum atomic E-state index is -0.734. The molecule has 0 amide bonds. The minimum Gasteiger partial charge on any atom is -0.504 e. The van der Waals surface area contributed by atoms with Crippen LogP contribution < -0.4 is 4.74 Å². The van der Waals surface area contributed by atoms with Crippen LogP contribution in [0.15, 0.2) is 22.8 Å². The summed E-state index contributed by atoms with van der Waals surface area (Å²) in [4.78, 5) is 23.2. The molecule has 1 aromatic carbocycles. The highest BCUT2D eigenvalue weighted by Gasteiger charge is 2.24. The van der Waals surface area contributed by atoms with Crippen LogP contribution in [0.3, 0.4) is 0 Å². The second-order valence-corrected chi connectivity index (χ2v) is 4.72. The fourth-order valence-corrected chi connectivity index (χ4v) is 2.29. The van der Waals surface area contributed by atoms with Gasteiger partial charge in [0.15, 0.2) is 5.75 Å². The lowest BCUT2D eigenvalue weighted by Crippen LogP contribution is -2.22. The average molecular weight is 276 g/mol. The van der Waals surface area contributed by atoms with Crippen molar-refractivity contribution in [2.75, 3.05) is 7.11 Å². The van der Waals surface area contributed by atoms with Crippen LogP contribution in [-0.4, -0.2) is 23.8 Å². The van der Waals surface area contributed by atoms with Gasteiger partial charge in [-0.15, -0.1) is 0 Å². The highest BCUT2D eigenvalue weighted by Crippen LogP contribution is 2.36. The van der Waals surface area contributed by atoms with Gasteiger partial charge in [0.2, 0.25) is 0 Å². The summed E-state index contributed by atoms with van der Waals surface area (Å²) >= 11 is 0. The molecule has 0 radical (unpaired) electrons. The van der Waals surface area contributed by atoms with Crippen molar-refractivity contribution >= 4 is 22.5 Å². The van der Waals surface area contributed by atoms with Crippen LogP contribution in [0.1, 0.15) is 19.4 Å². The molecule has 20 heavy (non-hydrogen) atoms. The van der Waals surface area contributed by atoms with Crippen molar-refractivity contribution in [1.82, 2.24) is 0 Å². The quantitative estimate of drug-likeness (QED) is 0.849. The smallest absolute Gasteiger partial charge is 0.161 e. The molecule has 1 heterocycles. The highest BCUT2D eigenvalue weighted by molar-refractivity contribution is 6.01. The number of carbonyl (C=O) groups is 2. The SMILES string of the molecule is COc1ccc2c(O)coc2c1CC(C(C)=O)C(C)=O. The number of aromatic hydroxyl groups is 1. The van der Waals surface area contributed by atoms with Gasteiger partial charge in [-0.25, -0.2) is 0 Å². The van der Waals surface area contributed by atoms with Gasteiger partial charge in [-0.2, -0.15) is 0 Å². The van der Waals surface area contributed by atoms with E-state index >= 15 is 0 Å². The largest absolute Gasteiger partial charge is 0.504 e. The van der Waals surface area contributed by atoms with Crippen molar-refractivity contribution < 1.29 is 23.8 Å². The second kappa shape index (κ2) is 5.36. The number of carbonyl (C=O) groups excluding carboxylic acids is 2. The summed E-state index contributed by atoms with van der Waals surface area (Å²) in [6, 6.07) is 3.36. The zero-order chi connectivity index (χ0) is 14.9. The van der Waals surface area contributed by atoms with Gasteiger partial charge in [0.1, 0.15) is 29.2 Å². The van der Waals surface area contributed by atoms with E-state index in [0.717, 1.165) is 0 Å². The van der Waals surface area contributed by atoms with Crippen LogP contribution in [0, 0.1) is 5.92 Å². The van der Waals surface area contributed by atoms with Crippen molar-refractivity contribution in [3.05, 3.63) is 24.0 Å². The molecule has 5 nitrogen and oxygen atoms in total. The van der Waals surface area contributed by atoms with Gasteiger partial charge in [0.25, 0.3) is 0 Å². The third kappa shape index (κ3) is 2.39. The molecule has 1 aromatic heterocycles. The molecular formula is C15H16O5. The predicted octanol–water partition coefficient (Wildman–Crippen LogP) is 2.48. The van der Waals surface area contributed by atoms with E-state index in [2.05, 4.69) is 0 Å². The lowest BCUT2D eigenvalue weighted by molar-refractivity contribution is -0.130. The highest BCUT2D eigenvalue weighted by atomic mass is 16.5.